The summed E-state index contributed by atoms with van der Waals surface area (Å²) in [4.78, 5) is 9.78. The van der Waals surface area contributed by atoms with Crippen molar-refractivity contribution in [2.45, 2.75) is 37.6 Å². The highest BCUT2D eigenvalue weighted by atomic mass is 35.5. The van der Waals surface area contributed by atoms with Crippen LogP contribution in [-0.2, 0) is 6.42 Å². The third-order valence-corrected chi connectivity index (χ3v) is 7.10. The minimum atomic E-state index is 0.127. The Morgan fingerprint density at radius 2 is 2.03 bits per heavy atom. The van der Waals surface area contributed by atoms with E-state index in [0.29, 0.717) is 0 Å². The zero-order chi connectivity index (χ0) is 20.4. The summed E-state index contributed by atoms with van der Waals surface area (Å²) in [6.07, 6.45) is 6.33. The fourth-order valence-corrected chi connectivity index (χ4v) is 5.10. The smallest absolute Gasteiger partial charge is 0.0658 e. The van der Waals surface area contributed by atoms with Gasteiger partial charge in [-0.1, -0.05) is 24.2 Å². The number of nitrogens with zero attached hydrogens (tertiary/aromatic N) is 3. The number of halogens is 1. The topological polar surface area (TPSA) is 44.9 Å². The maximum atomic E-state index is 6.33. The highest BCUT2D eigenvalue weighted by Gasteiger charge is 2.32. The average molecular weight is 431 g/mol. The lowest BCUT2D eigenvalue weighted by Gasteiger charge is -2.40. The first kappa shape index (κ1) is 21.0. The van der Waals surface area contributed by atoms with Crippen LogP contribution in [0.2, 0.25) is 5.02 Å². The van der Waals surface area contributed by atoms with E-state index in [9.17, 15) is 0 Å². The molecule has 1 fully saturated rings. The fraction of sp³-hybridized carbons (Fsp3) is 0.522. The van der Waals surface area contributed by atoms with Crippen LogP contribution in [0.15, 0.2) is 46.7 Å². The van der Waals surface area contributed by atoms with Gasteiger partial charge in [-0.2, -0.15) is 12.6 Å². The number of hydrogen-bond donors (Lipinski definition) is 2. The maximum absolute atomic E-state index is 6.33. The van der Waals surface area contributed by atoms with Gasteiger partial charge in [0.05, 0.1) is 11.6 Å². The normalized spacial score (nSPS) is 23.4. The molecule has 3 aliphatic rings. The van der Waals surface area contributed by atoms with Gasteiger partial charge in [0, 0.05) is 61.5 Å². The van der Waals surface area contributed by atoms with E-state index in [0.717, 1.165) is 69.2 Å². The standard InChI is InChI=1S/C23H31ClN4S/c1-16(28-11-9-27(10-12-28)14-20(25)15-29)22-21-7-6-19(24)13-18(21)5-4-17-3-2-8-26-23(17)22/h6-8,13,20,22,29H,1-5,9-12,14-15,25H2/t20-,22?/m1/s1. The van der Waals surface area contributed by atoms with Crippen LogP contribution in [0.3, 0.4) is 0 Å². The molecule has 0 amide bonds. The SMILES string of the molecule is C=C(C1C2=C(CCC=N2)CCc2cc(Cl)ccc21)N1CCN(C[C@@H](N)CS)CC1. The molecule has 1 aliphatic carbocycles. The molecule has 0 saturated carbocycles. The molecule has 6 heteroatoms. The molecule has 2 atom stereocenters. The van der Waals surface area contributed by atoms with Crippen molar-refractivity contribution in [2.75, 3.05) is 38.5 Å². The van der Waals surface area contributed by atoms with Gasteiger partial charge in [0.1, 0.15) is 0 Å². The molecule has 1 aromatic carbocycles. The van der Waals surface area contributed by atoms with E-state index in [1.807, 2.05) is 6.07 Å². The van der Waals surface area contributed by atoms with Gasteiger partial charge in [0.2, 0.25) is 0 Å². The number of thiol groups is 1. The van der Waals surface area contributed by atoms with Crippen molar-refractivity contribution in [3.8, 4) is 0 Å². The van der Waals surface area contributed by atoms with Gasteiger partial charge < -0.3 is 10.6 Å². The molecular formula is C23H31ClN4S. The molecule has 0 aromatic heterocycles. The van der Waals surface area contributed by atoms with Crippen LogP contribution >= 0.6 is 24.2 Å². The molecule has 4 nitrogen and oxygen atoms in total. The van der Waals surface area contributed by atoms with Crippen LogP contribution in [0.1, 0.15) is 36.3 Å². The van der Waals surface area contributed by atoms with Crippen LogP contribution < -0.4 is 5.73 Å². The van der Waals surface area contributed by atoms with Gasteiger partial charge in [0.25, 0.3) is 0 Å². The predicted octanol–water partition coefficient (Wildman–Crippen LogP) is 3.88. The second-order valence-electron chi connectivity index (χ2n) is 8.34. The predicted molar refractivity (Wildman–Crippen MR) is 126 cm³/mol. The molecule has 1 saturated heterocycles. The van der Waals surface area contributed by atoms with Crippen LogP contribution in [0.25, 0.3) is 0 Å². The molecule has 0 bridgehead atoms. The van der Waals surface area contributed by atoms with Crippen molar-refractivity contribution in [3.63, 3.8) is 0 Å². The number of allylic oxidation sites excluding steroid dienone is 1. The summed E-state index contributed by atoms with van der Waals surface area (Å²) in [6, 6.07) is 6.47. The number of hydrogen-bond acceptors (Lipinski definition) is 5. The third-order valence-electron chi connectivity index (χ3n) is 6.39. The van der Waals surface area contributed by atoms with Crippen molar-refractivity contribution < 1.29 is 0 Å². The van der Waals surface area contributed by atoms with Crippen molar-refractivity contribution in [1.29, 1.82) is 0 Å². The Hall–Kier alpha value is -1.27. The summed E-state index contributed by atoms with van der Waals surface area (Å²) in [5.41, 5.74) is 12.6. The van der Waals surface area contributed by atoms with Crippen LogP contribution in [-0.4, -0.2) is 60.5 Å². The lowest BCUT2D eigenvalue weighted by molar-refractivity contribution is 0.150. The molecule has 156 valence electrons. The molecule has 1 aromatic rings. The van der Waals surface area contributed by atoms with Crippen LogP contribution in [0.4, 0.5) is 0 Å². The van der Waals surface area contributed by atoms with E-state index in [1.54, 1.807) is 0 Å². The fourth-order valence-electron chi connectivity index (χ4n) is 4.78. The number of nitrogens with two attached hydrogens (primary N) is 1. The van der Waals surface area contributed by atoms with Crippen molar-refractivity contribution in [2.24, 2.45) is 10.7 Å². The van der Waals surface area contributed by atoms with Gasteiger partial charge in [0.15, 0.2) is 0 Å². The Kier molecular flexibility index (Phi) is 6.69. The van der Waals surface area contributed by atoms with Gasteiger partial charge >= 0.3 is 0 Å². The second kappa shape index (κ2) is 9.25. The third kappa shape index (κ3) is 4.58. The summed E-state index contributed by atoms with van der Waals surface area (Å²) in [5.74, 6) is 0.853. The molecular weight excluding hydrogens is 400 g/mol. The average Bonchev–Trinajstić information content (AvgIpc) is 2.90. The van der Waals surface area contributed by atoms with E-state index >= 15 is 0 Å². The van der Waals surface area contributed by atoms with Crippen LogP contribution in [0.5, 0.6) is 0 Å². The summed E-state index contributed by atoms with van der Waals surface area (Å²) in [5, 5.41) is 0.811. The van der Waals surface area contributed by atoms with Gasteiger partial charge in [-0.25, -0.2) is 0 Å². The lowest BCUT2D eigenvalue weighted by atomic mass is 9.87. The summed E-state index contributed by atoms with van der Waals surface area (Å²) in [7, 11) is 0. The van der Waals surface area contributed by atoms with E-state index < -0.39 is 0 Å². The zero-order valence-electron chi connectivity index (χ0n) is 17.0. The van der Waals surface area contributed by atoms with Crippen molar-refractivity contribution in [1.82, 2.24) is 9.80 Å². The highest BCUT2D eigenvalue weighted by Crippen LogP contribution is 2.43. The van der Waals surface area contributed by atoms with Gasteiger partial charge in [-0.15, -0.1) is 0 Å². The van der Waals surface area contributed by atoms with Crippen LogP contribution in [0, 0.1) is 0 Å². The number of rotatable bonds is 5. The zero-order valence-corrected chi connectivity index (χ0v) is 18.6. The number of aliphatic imine (C=N–C) groups is 1. The Labute approximate surface area is 184 Å². The van der Waals surface area contributed by atoms with E-state index in [4.69, 9.17) is 22.3 Å². The monoisotopic (exact) mass is 430 g/mol. The molecule has 0 radical (unpaired) electrons. The Balaban J connectivity index is 1.58. The Morgan fingerprint density at radius 3 is 2.79 bits per heavy atom. The molecule has 29 heavy (non-hydrogen) atoms. The first-order valence-electron chi connectivity index (χ1n) is 10.6. The molecule has 0 spiro atoms. The van der Waals surface area contributed by atoms with Gasteiger partial charge in [-0.3, -0.25) is 9.89 Å². The quantitative estimate of drug-likeness (QED) is 0.697. The minimum Gasteiger partial charge on any atom is -0.372 e. The van der Waals surface area contributed by atoms with Gasteiger partial charge in [-0.05, 0) is 54.5 Å². The first-order valence-corrected chi connectivity index (χ1v) is 11.6. The largest absolute Gasteiger partial charge is 0.372 e. The highest BCUT2D eigenvalue weighted by molar-refractivity contribution is 7.80. The Bertz CT molecular complexity index is 826. The van der Waals surface area contributed by atoms with E-state index in [1.165, 1.54) is 28.1 Å². The molecule has 1 unspecified atom stereocenters. The number of piperazine rings is 1. The summed E-state index contributed by atoms with van der Waals surface area (Å²) >= 11 is 10.6. The molecule has 4 rings (SSSR count). The van der Waals surface area contributed by atoms with E-state index in [-0.39, 0.29) is 12.0 Å². The summed E-state index contributed by atoms with van der Waals surface area (Å²) < 4.78 is 0. The molecule has 2 heterocycles. The Morgan fingerprint density at radius 1 is 1.24 bits per heavy atom. The summed E-state index contributed by atoms with van der Waals surface area (Å²) in [6.45, 7) is 9.47. The molecule has 2 aliphatic heterocycles. The van der Waals surface area contributed by atoms with E-state index in [2.05, 4.69) is 47.4 Å². The van der Waals surface area contributed by atoms with Crippen molar-refractivity contribution in [3.05, 3.63) is 57.9 Å². The van der Waals surface area contributed by atoms with Crippen molar-refractivity contribution >= 4 is 30.4 Å². The number of aryl methyl sites for hydroxylation is 1. The minimum absolute atomic E-state index is 0.127. The second-order valence-corrected chi connectivity index (χ2v) is 9.14. The molecule has 2 N–H and O–H groups in total. The lowest BCUT2D eigenvalue weighted by Crippen LogP contribution is -2.50. The maximum Gasteiger partial charge on any atom is 0.0658 e. The number of benzene rings is 1. The first-order chi connectivity index (χ1) is 14.1. The number of fused-ring (bicyclic) bond motifs is 1.